The molecule has 0 saturated carbocycles. The van der Waals surface area contributed by atoms with E-state index in [1.807, 2.05) is 12.1 Å². The molecule has 0 amide bonds. The SMILES string of the molecule is CCN(C)c1ccc2c(c1)OOC2. The zero-order valence-corrected chi connectivity index (χ0v) is 7.91. The van der Waals surface area contributed by atoms with Crippen LogP contribution in [0, 0.1) is 0 Å². The van der Waals surface area contributed by atoms with E-state index in [1.165, 1.54) is 0 Å². The zero-order chi connectivity index (χ0) is 9.26. The molecule has 0 unspecified atom stereocenters. The smallest absolute Gasteiger partial charge is 0.173 e. The summed E-state index contributed by atoms with van der Waals surface area (Å²) in [4.78, 5) is 12.0. The van der Waals surface area contributed by atoms with Gasteiger partial charge >= 0.3 is 0 Å². The predicted octanol–water partition coefficient (Wildman–Crippen LogP) is 1.97. The first-order chi connectivity index (χ1) is 6.31. The van der Waals surface area contributed by atoms with E-state index in [0.717, 1.165) is 23.5 Å². The highest BCUT2D eigenvalue weighted by molar-refractivity contribution is 5.53. The second-order valence-electron chi connectivity index (χ2n) is 3.15. The maximum atomic E-state index is 5.01. The van der Waals surface area contributed by atoms with Gasteiger partial charge in [0.2, 0.25) is 0 Å². The van der Waals surface area contributed by atoms with Crippen molar-refractivity contribution in [3.63, 3.8) is 0 Å². The summed E-state index contributed by atoms with van der Waals surface area (Å²) in [5, 5.41) is 0. The molecule has 3 nitrogen and oxygen atoms in total. The van der Waals surface area contributed by atoms with Crippen LogP contribution >= 0.6 is 0 Å². The Kier molecular flexibility index (Phi) is 2.10. The summed E-state index contributed by atoms with van der Waals surface area (Å²) < 4.78 is 0. The maximum Gasteiger partial charge on any atom is 0.173 e. The third-order valence-electron chi connectivity index (χ3n) is 2.33. The van der Waals surface area contributed by atoms with Crippen molar-refractivity contribution in [2.24, 2.45) is 0 Å². The van der Waals surface area contributed by atoms with Crippen molar-refractivity contribution in [2.75, 3.05) is 18.5 Å². The first-order valence-corrected chi connectivity index (χ1v) is 4.45. The minimum absolute atomic E-state index is 0.561. The number of hydrogen-bond acceptors (Lipinski definition) is 3. The number of fused-ring (bicyclic) bond motifs is 1. The quantitative estimate of drug-likeness (QED) is 0.648. The fraction of sp³-hybridized carbons (Fsp3) is 0.400. The Morgan fingerprint density at radius 3 is 3.08 bits per heavy atom. The van der Waals surface area contributed by atoms with Gasteiger partial charge in [-0.2, -0.15) is 4.89 Å². The first kappa shape index (κ1) is 8.38. The van der Waals surface area contributed by atoms with Crippen LogP contribution in [0.1, 0.15) is 12.5 Å². The molecule has 1 aliphatic heterocycles. The van der Waals surface area contributed by atoms with Gasteiger partial charge in [-0.3, -0.25) is 0 Å². The minimum atomic E-state index is 0.561. The Bertz CT molecular complexity index is 312. The van der Waals surface area contributed by atoms with Gasteiger partial charge in [0, 0.05) is 30.9 Å². The molecule has 0 radical (unpaired) electrons. The van der Waals surface area contributed by atoms with Crippen molar-refractivity contribution >= 4 is 5.69 Å². The van der Waals surface area contributed by atoms with Crippen LogP contribution in [0.2, 0.25) is 0 Å². The van der Waals surface area contributed by atoms with E-state index in [1.54, 1.807) is 0 Å². The van der Waals surface area contributed by atoms with Crippen LogP contribution in [0.15, 0.2) is 18.2 Å². The molecule has 0 aliphatic carbocycles. The van der Waals surface area contributed by atoms with Crippen LogP contribution in [-0.4, -0.2) is 13.6 Å². The molecule has 1 aliphatic rings. The summed E-state index contributed by atoms with van der Waals surface area (Å²) in [6, 6.07) is 6.13. The normalized spacial score (nSPS) is 13.7. The molecule has 0 fully saturated rings. The molecule has 0 atom stereocenters. The molecule has 1 aromatic rings. The van der Waals surface area contributed by atoms with Gasteiger partial charge in [-0.05, 0) is 13.0 Å². The average molecular weight is 179 g/mol. The van der Waals surface area contributed by atoms with Crippen LogP contribution < -0.4 is 9.79 Å². The second kappa shape index (κ2) is 3.26. The lowest BCUT2D eigenvalue weighted by molar-refractivity contribution is -0.194. The molecule has 1 heterocycles. The zero-order valence-electron chi connectivity index (χ0n) is 7.91. The monoisotopic (exact) mass is 179 g/mol. The van der Waals surface area contributed by atoms with Crippen molar-refractivity contribution in [1.82, 2.24) is 0 Å². The Balaban J connectivity index is 2.30. The summed E-state index contributed by atoms with van der Waals surface area (Å²) in [5.41, 5.74) is 2.28. The molecule has 1 aromatic carbocycles. The lowest BCUT2D eigenvalue weighted by Gasteiger charge is -2.16. The van der Waals surface area contributed by atoms with Gasteiger partial charge in [-0.25, -0.2) is 0 Å². The molecule has 0 N–H and O–H groups in total. The summed E-state index contributed by atoms with van der Waals surface area (Å²) in [6.45, 7) is 3.66. The molecule has 13 heavy (non-hydrogen) atoms. The van der Waals surface area contributed by atoms with Crippen molar-refractivity contribution < 1.29 is 9.78 Å². The fourth-order valence-electron chi connectivity index (χ4n) is 1.32. The van der Waals surface area contributed by atoms with Crippen LogP contribution in [-0.2, 0) is 11.5 Å². The highest BCUT2D eigenvalue weighted by atomic mass is 17.2. The number of anilines is 1. The third-order valence-corrected chi connectivity index (χ3v) is 2.33. The summed E-state index contributed by atoms with van der Waals surface area (Å²) in [7, 11) is 2.05. The van der Waals surface area contributed by atoms with Crippen LogP contribution in [0.25, 0.3) is 0 Å². The van der Waals surface area contributed by atoms with Gasteiger partial charge in [0.25, 0.3) is 0 Å². The Hall–Kier alpha value is -1.22. The lowest BCUT2D eigenvalue weighted by atomic mass is 10.2. The van der Waals surface area contributed by atoms with Gasteiger partial charge in [0.05, 0.1) is 0 Å². The van der Waals surface area contributed by atoms with Crippen molar-refractivity contribution in [2.45, 2.75) is 13.5 Å². The van der Waals surface area contributed by atoms with Crippen molar-refractivity contribution in [3.8, 4) is 5.75 Å². The van der Waals surface area contributed by atoms with E-state index in [9.17, 15) is 0 Å². The van der Waals surface area contributed by atoms with Crippen LogP contribution in [0.5, 0.6) is 5.75 Å². The molecule has 0 bridgehead atoms. The standard InChI is InChI=1S/C10H13NO2/c1-3-11(2)9-5-4-8-7-12-13-10(8)6-9/h4-6H,3,7H2,1-2H3. The van der Waals surface area contributed by atoms with Gasteiger partial charge in [0.15, 0.2) is 5.75 Å². The maximum absolute atomic E-state index is 5.01. The van der Waals surface area contributed by atoms with E-state index < -0.39 is 0 Å². The van der Waals surface area contributed by atoms with Crippen LogP contribution in [0.3, 0.4) is 0 Å². The molecule has 2 rings (SSSR count). The Morgan fingerprint density at radius 1 is 1.46 bits per heavy atom. The van der Waals surface area contributed by atoms with E-state index in [2.05, 4.69) is 24.9 Å². The molecule has 3 heteroatoms. The molecular weight excluding hydrogens is 166 g/mol. The summed E-state index contributed by atoms with van der Waals surface area (Å²) >= 11 is 0. The third kappa shape index (κ3) is 1.47. The van der Waals surface area contributed by atoms with E-state index in [0.29, 0.717) is 6.61 Å². The van der Waals surface area contributed by atoms with Crippen LogP contribution in [0.4, 0.5) is 5.69 Å². The van der Waals surface area contributed by atoms with Crippen molar-refractivity contribution in [1.29, 1.82) is 0 Å². The molecular formula is C10H13NO2. The van der Waals surface area contributed by atoms with E-state index >= 15 is 0 Å². The van der Waals surface area contributed by atoms with E-state index in [4.69, 9.17) is 9.78 Å². The molecule has 0 saturated heterocycles. The van der Waals surface area contributed by atoms with Gasteiger partial charge in [-0.1, -0.05) is 6.07 Å². The topological polar surface area (TPSA) is 21.7 Å². The lowest BCUT2D eigenvalue weighted by Crippen LogP contribution is -2.15. The first-order valence-electron chi connectivity index (χ1n) is 4.45. The molecule has 0 spiro atoms. The average Bonchev–Trinajstić information content (AvgIpc) is 2.63. The summed E-state index contributed by atoms with van der Waals surface area (Å²) in [5.74, 6) is 0.845. The fourth-order valence-corrected chi connectivity index (χ4v) is 1.32. The van der Waals surface area contributed by atoms with E-state index in [-0.39, 0.29) is 0 Å². The predicted molar refractivity (Wildman–Crippen MR) is 50.8 cm³/mol. The highest BCUT2D eigenvalue weighted by Crippen LogP contribution is 2.30. The van der Waals surface area contributed by atoms with Crippen molar-refractivity contribution in [3.05, 3.63) is 23.8 Å². The number of nitrogens with zero attached hydrogens (tertiary/aromatic N) is 1. The second-order valence-corrected chi connectivity index (χ2v) is 3.15. The molecule has 70 valence electrons. The summed E-state index contributed by atoms with van der Waals surface area (Å²) in [6.07, 6.45) is 0. The largest absolute Gasteiger partial charge is 0.375 e. The minimum Gasteiger partial charge on any atom is -0.375 e. The Morgan fingerprint density at radius 2 is 2.31 bits per heavy atom. The van der Waals surface area contributed by atoms with Gasteiger partial charge in [-0.15, -0.1) is 0 Å². The van der Waals surface area contributed by atoms with Gasteiger partial charge < -0.3 is 9.79 Å². The number of benzene rings is 1. The highest BCUT2D eigenvalue weighted by Gasteiger charge is 2.14. The van der Waals surface area contributed by atoms with Gasteiger partial charge in [0.1, 0.15) is 6.61 Å². The number of hydrogen-bond donors (Lipinski definition) is 0. The molecule has 0 aromatic heterocycles. The number of rotatable bonds is 2. The Labute approximate surface area is 77.8 Å².